The van der Waals surface area contributed by atoms with Crippen LogP contribution < -0.4 is 24.3 Å². The fourth-order valence-electron chi connectivity index (χ4n) is 2.22. The molecule has 2 aromatic rings. The molecule has 0 heterocycles. The van der Waals surface area contributed by atoms with Gasteiger partial charge in [0.25, 0.3) is 0 Å². The van der Waals surface area contributed by atoms with Crippen LogP contribution in [0.2, 0.25) is 0 Å². The number of anilines is 1. The average molecular weight is 343 g/mol. The fraction of sp³-hybridized carbons (Fsp3) is 0.211. The second-order valence-electron chi connectivity index (χ2n) is 4.98. The zero-order valence-corrected chi connectivity index (χ0v) is 14.7. The molecule has 0 unspecified atom stereocenters. The van der Waals surface area contributed by atoms with Gasteiger partial charge in [-0.25, -0.2) is 0 Å². The molecule has 0 bridgehead atoms. The van der Waals surface area contributed by atoms with Crippen molar-refractivity contribution < 1.29 is 23.7 Å². The SMILES string of the molecule is COc1ccc(N/C=C\C(=O)c2cc(OC)c(OC)c(OC)c2)cc1. The van der Waals surface area contributed by atoms with Crippen molar-refractivity contribution in [3.63, 3.8) is 0 Å². The molecule has 6 nitrogen and oxygen atoms in total. The van der Waals surface area contributed by atoms with E-state index in [1.807, 2.05) is 24.3 Å². The first-order valence-electron chi connectivity index (χ1n) is 7.54. The summed E-state index contributed by atoms with van der Waals surface area (Å²) in [6, 6.07) is 10.6. The molecule has 0 fully saturated rings. The van der Waals surface area contributed by atoms with Gasteiger partial charge in [-0.15, -0.1) is 0 Å². The molecule has 0 spiro atoms. The number of carbonyl (C=O) groups excluding carboxylic acids is 1. The van der Waals surface area contributed by atoms with Crippen LogP contribution in [-0.2, 0) is 0 Å². The molecular formula is C19H21NO5. The first-order chi connectivity index (χ1) is 12.1. The molecule has 2 rings (SSSR count). The molecule has 0 radical (unpaired) electrons. The predicted octanol–water partition coefficient (Wildman–Crippen LogP) is 3.53. The smallest absolute Gasteiger partial charge is 0.203 e. The molecule has 0 aliphatic rings. The maximum absolute atomic E-state index is 12.4. The number of nitrogens with one attached hydrogen (secondary N) is 1. The summed E-state index contributed by atoms with van der Waals surface area (Å²) >= 11 is 0. The standard InChI is InChI=1S/C19H21NO5/c1-22-15-7-5-14(6-8-15)20-10-9-16(21)13-11-17(23-2)19(25-4)18(12-13)24-3/h5-12,20H,1-4H3/b10-9-. The van der Waals surface area contributed by atoms with E-state index in [1.54, 1.807) is 25.4 Å². The van der Waals surface area contributed by atoms with Crippen LogP contribution in [0.4, 0.5) is 5.69 Å². The molecule has 25 heavy (non-hydrogen) atoms. The number of ketones is 1. The zero-order valence-electron chi connectivity index (χ0n) is 14.7. The Hall–Kier alpha value is -3.15. The van der Waals surface area contributed by atoms with Crippen LogP contribution in [0.25, 0.3) is 0 Å². The Morgan fingerprint density at radius 2 is 1.48 bits per heavy atom. The molecule has 0 amide bonds. The van der Waals surface area contributed by atoms with Gasteiger partial charge in [0, 0.05) is 23.5 Å². The second kappa shape index (κ2) is 8.63. The number of ether oxygens (including phenoxy) is 4. The van der Waals surface area contributed by atoms with Crippen molar-refractivity contribution in [3.05, 3.63) is 54.2 Å². The highest BCUT2D eigenvalue weighted by Crippen LogP contribution is 2.38. The Kier molecular flexibility index (Phi) is 6.28. The molecule has 0 saturated heterocycles. The van der Waals surface area contributed by atoms with Crippen molar-refractivity contribution in [3.8, 4) is 23.0 Å². The van der Waals surface area contributed by atoms with E-state index in [4.69, 9.17) is 18.9 Å². The molecule has 132 valence electrons. The lowest BCUT2D eigenvalue weighted by atomic mass is 10.1. The number of methoxy groups -OCH3 is 4. The summed E-state index contributed by atoms with van der Waals surface area (Å²) < 4.78 is 20.9. The number of hydrogen-bond acceptors (Lipinski definition) is 6. The van der Waals surface area contributed by atoms with Crippen molar-refractivity contribution in [1.82, 2.24) is 0 Å². The van der Waals surface area contributed by atoms with Gasteiger partial charge in [0.15, 0.2) is 17.3 Å². The van der Waals surface area contributed by atoms with Crippen molar-refractivity contribution in [2.75, 3.05) is 33.8 Å². The summed E-state index contributed by atoms with van der Waals surface area (Å²) in [6.07, 6.45) is 3.01. The van der Waals surface area contributed by atoms with Crippen LogP contribution in [0.15, 0.2) is 48.7 Å². The molecule has 6 heteroatoms. The number of carbonyl (C=O) groups is 1. The Labute approximate surface area is 147 Å². The number of allylic oxidation sites excluding steroid dienone is 1. The molecule has 1 N–H and O–H groups in total. The van der Waals surface area contributed by atoms with E-state index in [2.05, 4.69) is 5.32 Å². The summed E-state index contributed by atoms with van der Waals surface area (Å²) in [7, 11) is 6.14. The van der Waals surface area contributed by atoms with Crippen LogP contribution in [0, 0.1) is 0 Å². The first kappa shape index (κ1) is 18.2. The lowest BCUT2D eigenvalue weighted by Crippen LogP contribution is -2.01. The third-order valence-corrected chi connectivity index (χ3v) is 3.52. The fourth-order valence-corrected chi connectivity index (χ4v) is 2.22. The van der Waals surface area contributed by atoms with Gasteiger partial charge in [0.1, 0.15) is 5.75 Å². The van der Waals surface area contributed by atoms with E-state index in [0.29, 0.717) is 22.8 Å². The number of benzene rings is 2. The van der Waals surface area contributed by atoms with Crippen LogP contribution in [-0.4, -0.2) is 34.2 Å². The summed E-state index contributed by atoms with van der Waals surface area (Å²) in [5.74, 6) is 1.88. The van der Waals surface area contributed by atoms with E-state index >= 15 is 0 Å². The Morgan fingerprint density at radius 3 is 1.96 bits per heavy atom. The van der Waals surface area contributed by atoms with Crippen LogP contribution in [0.1, 0.15) is 10.4 Å². The number of hydrogen-bond donors (Lipinski definition) is 1. The minimum Gasteiger partial charge on any atom is -0.497 e. The second-order valence-corrected chi connectivity index (χ2v) is 4.98. The van der Waals surface area contributed by atoms with E-state index in [1.165, 1.54) is 27.4 Å². The summed E-state index contributed by atoms with van der Waals surface area (Å²) in [4.78, 5) is 12.4. The summed E-state index contributed by atoms with van der Waals surface area (Å²) in [6.45, 7) is 0. The maximum Gasteiger partial charge on any atom is 0.203 e. The van der Waals surface area contributed by atoms with Gasteiger partial charge >= 0.3 is 0 Å². The van der Waals surface area contributed by atoms with Gasteiger partial charge < -0.3 is 24.3 Å². The predicted molar refractivity (Wildman–Crippen MR) is 96.2 cm³/mol. The van der Waals surface area contributed by atoms with Gasteiger partial charge in [0.2, 0.25) is 5.75 Å². The van der Waals surface area contributed by atoms with Gasteiger partial charge in [-0.2, -0.15) is 0 Å². The Balaban J connectivity index is 2.13. The van der Waals surface area contributed by atoms with E-state index in [0.717, 1.165) is 11.4 Å². The van der Waals surface area contributed by atoms with Crippen molar-refractivity contribution in [2.45, 2.75) is 0 Å². The van der Waals surface area contributed by atoms with Crippen molar-refractivity contribution in [1.29, 1.82) is 0 Å². The molecule has 0 saturated carbocycles. The molecule has 2 aromatic carbocycles. The highest BCUT2D eigenvalue weighted by Gasteiger charge is 2.15. The minimum absolute atomic E-state index is 0.194. The van der Waals surface area contributed by atoms with Crippen LogP contribution in [0.3, 0.4) is 0 Å². The van der Waals surface area contributed by atoms with Gasteiger partial charge in [-0.1, -0.05) is 0 Å². The normalized spacial score (nSPS) is 10.4. The van der Waals surface area contributed by atoms with Crippen LogP contribution >= 0.6 is 0 Å². The quantitative estimate of drug-likeness (QED) is 0.584. The van der Waals surface area contributed by atoms with Gasteiger partial charge in [-0.05, 0) is 36.4 Å². The monoisotopic (exact) mass is 343 g/mol. The topological polar surface area (TPSA) is 66.0 Å². The average Bonchev–Trinajstić information content (AvgIpc) is 2.67. The third kappa shape index (κ3) is 4.44. The van der Waals surface area contributed by atoms with Crippen molar-refractivity contribution in [2.24, 2.45) is 0 Å². The Morgan fingerprint density at radius 1 is 0.880 bits per heavy atom. The molecular weight excluding hydrogens is 322 g/mol. The summed E-state index contributed by atoms with van der Waals surface area (Å²) in [5.41, 5.74) is 1.28. The largest absolute Gasteiger partial charge is 0.497 e. The molecule has 0 aliphatic carbocycles. The zero-order chi connectivity index (χ0) is 18.2. The van der Waals surface area contributed by atoms with Crippen molar-refractivity contribution >= 4 is 11.5 Å². The minimum atomic E-state index is -0.194. The Bertz CT molecular complexity index is 728. The highest BCUT2D eigenvalue weighted by atomic mass is 16.5. The molecule has 0 aromatic heterocycles. The van der Waals surface area contributed by atoms with Gasteiger partial charge in [-0.3, -0.25) is 4.79 Å². The van der Waals surface area contributed by atoms with Crippen LogP contribution in [0.5, 0.6) is 23.0 Å². The van der Waals surface area contributed by atoms with Gasteiger partial charge in [0.05, 0.1) is 28.4 Å². The first-order valence-corrected chi connectivity index (χ1v) is 7.54. The maximum atomic E-state index is 12.4. The number of rotatable bonds is 8. The lowest BCUT2D eigenvalue weighted by molar-refractivity contribution is 0.104. The lowest BCUT2D eigenvalue weighted by Gasteiger charge is -2.13. The van der Waals surface area contributed by atoms with E-state index in [9.17, 15) is 4.79 Å². The molecule has 0 atom stereocenters. The third-order valence-electron chi connectivity index (χ3n) is 3.52. The summed E-state index contributed by atoms with van der Waals surface area (Å²) in [5, 5.41) is 3.03. The molecule has 0 aliphatic heterocycles. The highest BCUT2D eigenvalue weighted by molar-refractivity contribution is 6.05. The van der Waals surface area contributed by atoms with E-state index in [-0.39, 0.29) is 5.78 Å². The van der Waals surface area contributed by atoms with E-state index < -0.39 is 0 Å².